The van der Waals surface area contributed by atoms with Crippen molar-refractivity contribution in [2.45, 2.75) is 25.7 Å². The van der Waals surface area contributed by atoms with Gasteiger partial charge in [0.2, 0.25) is 0 Å². The molecule has 1 aliphatic carbocycles. The highest BCUT2D eigenvalue weighted by Crippen LogP contribution is 2.39. The fourth-order valence-corrected chi connectivity index (χ4v) is 1.36. The Labute approximate surface area is 108 Å². The summed E-state index contributed by atoms with van der Waals surface area (Å²) in [7, 11) is 0. The number of hydrogen-bond acceptors (Lipinski definition) is 1. The normalized spacial score (nSPS) is 12.8. The number of nitrogens with zero attached hydrogens (tertiary/aromatic N) is 1. The van der Waals surface area contributed by atoms with Crippen LogP contribution in [0.5, 0.6) is 0 Å². The van der Waals surface area contributed by atoms with Crippen molar-refractivity contribution in [3.63, 3.8) is 0 Å². The monoisotopic (exact) mass is 259 g/mol. The second kappa shape index (κ2) is 7.90. The van der Waals surface area contributed by atoms with E-state index in [0.29, 0.717) is 12.5 Å². The molecule has 17 heavy (non-hydrogen) atoms. The van der Waals surface area contributed by atoms with Gasteiger partial charge in [-0.15, -0.1) is 12.4 Å². The molecule has 1 saturated carbocycles. The molecule has 0 atom stereocenters. The lowest BCUT2D eigenvalue weighted by Crippen LogP contribution is -2.22. The number of nitrogens with two attached hydrogens (primary N) is 2. The Morgan fingerprint density at radius 1 is 1.41 bits per heavy atom. The standard InChI is InChI=1S/C9H9F.C3H9N3.ClH/c10-9-3-1-2-8(6-9)7-4-5-7;1-2-6-3(4)5;/h1-3,6-7H,4-5H2;2H2,1H3,(H4,4,5,6);1H. The minimum Gasteiger partial charge on any atom is -0.370 e. The van der Waals surface area contributed by atoms with Crippen molar-refractivity contribution in [3.05, 3.63) is 35.6 Å². The summed E-state index contributed by atoms with van der Waals surface area (Å²) in [5.41, 5.74) is 11.0. The zero-order valence-electron chi connectivity index (χ0n) is 9.90. The van der Waals surface area contributed by atoms with Crippen LogP contribution < -0.4 is 11.5 Å². The zero-order valence-corrected chi connectivity index (χ0v) is 10.7. The van der Waals surface area contributed by atoms with Crippen molar-refractivity contribution >= 4 is 18.4 Å². The highest BCUT2D eigenvalue weighted by atomic mass is 35.5. The van der Waals surface area contributed by atoms with E-state index in [2.05, 4.69) is 4.99 Å². The third-order valence-corrected chi connectivity index (χ3v) is 2.24. The summed E-state index contributed by atoms with van der Waals surface area (Å²) in [6, 6.07) is 6.91. The maximum absolute atomic E-state index is 12.6. The van der Waals surface area contributed by atoms with Gasteiger partial charge in [-0.2, -0.15) is 0 Å². The first-order chi connectivity index (χ1) is 7.63. The molecule has 3 nitrogen and oxygen atoms in total. The first-order valence-electron chi connectivity index (χ1n) is 5.44. The average Bonchev–Trinajstić information content (AvgIpc) is 3.01. The van der Waals surface area contributed by atoms with E-state index in [-0.39, 0.29) is 24.2 Å². The second-order valence-electron chi connectivity index (χ2n) is 3.73. The molecule has 1 aromatic rings. The number of aliphatic imine (C=N–C) groups is 1. The lowest BCUT2D eigenvalue weighted by Gasteiger charge is -1.94. The first kappa shape index (κ1) is 15.7. The summed E-state index contributed by atoms with van der Waals surface area (Å²) in [4.78, 5) is 3.60. The minimum atomic E-state index is -0.107. The molecule has 0 saturated heterocycles. The van der Waals surface area contributed by atoms with Crippen molar-refractivity contribution in [1.29, 1.82) is 0 Å². The van der Waals surface area contributed by atoms with E-state index in [4.69, 9.17) is 11.5 Å². The molecular formula is C12H19ClFN3. The maximum Gasteiger partial charge on any atom is 0.185 e. The fraction of sp³-hybridized carbons (Fsp3) is 0.417. The van der Waals surface area contributed by atoms with Gasteiger partial charge < -0.3 is 11.5 Å². The Bertz CT molecular complexity index is 361. The molecule has 2 rings (SSSR count). The van der Waals surface area contributed by atoms with Crippen molar-refractivity contribution in [2.24, 2.45) is 16.5 Å². The van der Waals surface area contributed by atoms with Crippen LogP contribution in [-0.2, 0) is 0 Å². The number of rotatable bonds is 2. The predicted molar refractivity (Wildman–Crippen MR) is 72.0 cm³/mol. The largest absolute Gasteiger partial charge is 0.370 e. The van der Waals surface area contributed by atoms with Crippen LogP contribution in [0.3, 0.4) is 0 Å². The van der Waals surface area contributed by atoms with Crippen LogP contribution in [0.15, 0.2) is 29.3 Å². The van der Waals surface area contributed by atoms with Gasteiger partial charge in [0, 0.05) is 6.54 Å². The molecular weight excluding hydrogens is 241 g/mol. The Morgan fingerprint density at radius 3 is 2.41 bits per heavy atom. The quantitative estimate of drug-likeness (QED) is 0.633. The van der Waals surface area contributed by atoms with Crippen LogP contribution in [-0.4, -0.2) is 12.5 Å². The molecule has 4 N–H and O–H groups in total. The van der Waals surface area contributed by atoms with Gasteiger partial charge in [-0.1, -0.05) is 12.1 Å². The highest BCUT2D eigenvalue weighted by molar-refractivity contribution is 5.85. The van der Waals surface area contributed by atoms with Crippen LogP contribution in [0, 0.1) is 5.82 Å². The topological polar surface area (TPSA) is 64.4 Å². The summed E-state index contributed by atoms with van der Waals surface area (Å²) >= 11 is 0. The lowest BCUT2D eigenvalue weighted by molar-refractivity contribution is 0.625. The zero-order chi connectivity index (χ0) is 12.0. The Hall–Kier alpha value is -1.29. The molecule has 0 bridgehead atoms. The molecule has 0 amide bonds. The van der Waals surface area contributed by atoms with Crippen molar-refractivity contribution in [1.82, 2.24) is 0 Å². The van der Waals surface area contributed by atoms with E-state index in [1.807, 2.05) is 13.0 Å². The first-order valence-corrected chi connectivity index (χ1v) is 5.44. The summed E-state index contributed by atoms with van der Waals surface area (Å²) in [5, 5.41) is 0. The summed E-state index contributed by atoms with van der Waals surface area (Å²) in [5.74, 6) is 0.720. The van der Waals surface area contributed by atoms with E-state index in [0.717, 1.165) is 0 Å². The Balaban J connectivity index is 0.000000324. The molecule has 0 radical (unpaired) electrons. The van der Waals surface area contributed by atoms with E-state index in [1.54, 1.807) is 12.1 Å². The van der Waals surface area contributed by atoms with E-state index in [1.165, 1.54) is 24.5 Å². The van der Waals surface area contributed by atoms with E-state index < -0.39 is 0 Å². The van der Waals surface area contributed by atoms with E-state index in [9.17, 15) is 4.39 Å². The van der Waals surface area contributed by atoms with Gasteiger partial charge in [0.1, 0.15) is 5.82 Å². The Kier molecular flexibility index (Phi) is 7.30. The van der Waals surface area contributed by atoms with Crippen LogP contribution in [0.1, 0.15) is 31.2 Å². The number of hydrogen-bond donors (Lipinski definition) is 2. The summed E-state index contributed by atoms with van der Waals surface area (Å²) in [6.45, 7) is 2.54. The number of halogens is 2. The van der Waals surface area contributed by atoms with E-state index >= 15 is 0 Å². The molecule has 1 fully saturated rings. The molecule has 0 spiro atoms. The van der Waals surface area contributed by atoms with Gasteiger partial charge in [-0.25, -0.2) is 4.39 Å². The highest BCUT2D eigenvalue weighted by Gasteiger charge is 2.23. The molecule has 0 heterocycles. The van der Waals surface area contributed by atoms with Gasteiger partial charge >= 0.3 is 0 Å². The van der Waals surface area contributed by atoms with Crippen LogP contribution in [0.2, 0.25) is 0 Å². The van der Waals surface area contributed by atoms with Gasteiger partial charge in [-0.3, -0.25) is 4.99 Å². The molecule has 1 aliphatic rings. The van der Waals surface area contributed by atoms with Crippen LogP contribution >= 0.6 is 12.4 Å². The van der Waals surface area contributed by atoms with Gasteiger partial charge in [0.05, 0.1) is 0 Å². The van der Waals surface area contributed by atoms with Gasteiger partial charge in [0.25, 0.3) is 0 Å². The predicted octanol–water partition coefficient (Wildman–Crippen LogP) is 2.40. The van der Waals surface area contributed by atoms with Crippen molar-refractivity contribution in [2.75, 3.05) is 6.54 Å². The molecule has 1 aromatic carbocycles. The van der Waals surface area contributed by atoms with Crippen molar-refractivity contribution < 1.29 is 4.39 Å². The Morgan fingerprint density at radius 2 is 2.06 bits per heavy atom. The number of guanidine groups is 1. The van der Waals surface area contributed by atoms with Gasteiger partial charge in [0.15, 0.2) is 5.96 Å². The number of benzene rings is 1. The average molecular weight is 260 g/mol. The fourth-order valence-electron chi connectivity index (χ4n) is 1.36. The molecule has 96 valence electrons. The molecule has 5 heteroatoms. The third kappa shape index (κ3) is 6.79. The summed E-state index contributed by atoms with van der Waals surface area (Å²) < 4.78 is 12.6. The summed E-state index contributed by atoms with van der Waals surface area (Å²) in [6.07, 6.45) is 2.48. The van der Waals surface area contributed by atoms with Gasteiger partial charge in [-0.05, 0) is 43.4 Å². The smallest absolute Gasteiger partial charge is 0.185 e. The maximum atomic E-state index is 12.6. The second-order valence-corrected chi connectivity index (χ2v) is 3.73. The SMILES string of the molecule is CCN=C(N)N.Cl.Fc1cccc(C2CC2)c1. The minimum absolute atomic E-state index is 0. The molecule has 0 aromatic heterocycles. The lowest BCUT2D eigenvalue weighted by atomic mass is 10.1. The molecule has 0 aliphatic heterocycles. The van der Waals surface area contributed by atoms with Crippen molar-refractivity contribution in [3.8, 4) is 0 Å². The third-order valence-electron chi connectivity index (χ3n) is 2.24. The van der Waals surface area contributed by atoms with Crippen LogP contribution in [0.25, 0.3) is 0 Å². The van der Waals surface area contributed by atoms with Crippen LogP contribution in [0.4, 0.5) is 4.39 Å². The molecule has 0 unspecified atom stereocenters.